The summed E-state index contributed by atoms with van der Waals surface area (Å²) in [5.41, 5.74) is 1.91. The zero-order chi connectivity index (χ0) is 19.4. The Balaban J connectivity index is 1.62. The van der Waals surface area contributed by atoms with E-state index in [-0.39, 0.29) is 29.6 Å². The van der Waals surface area contributed by atoms with Crippen molar-refractivity contribution < 1.29 is 15.3 Å². The fourth-order valence-corrected chi connectivity index (χ4v) is 8.03. The lowest BCUT2D eigenvalue weighted by molar-refractivity contribution is -0.102. The highest BCUT2D eigenvalue weighted by Crippen LogP contribution is 2.66. The molecule has 3 fully saturated rings. The molecule has 3 nitrogen and oxygen atoms in total. The van der Waals surface area contributed by atoms with E-state index in [0.29, 0.717) is 29.6 Å². The molecule has 4 rings (SSSR count). The van der Waals surface area contributed by atoms with Crippen LogP contribution in [0.5, 0.6) is 0 Å². The average Bonchev–Trinajstić information content (AvgIpc) is 3.00. The lowest BCUT2D eigenvalue weighted by Crippen LogP contribution is -2.55. The van der Waals surface area contributed by atoms with Crippen LogP contribution in [0.3, 0.4) is 0 Å². The maximum absolute atomic E-state index is 11.5. The number of hydrogen-bond acceptors (Lipinski definition) is 3. The highest BCUT2D eigenvalue weighted by Gasteiger charge is 2.61. The molecule has 0 spiro atoms. The topological polar surface area (TPSA) is 60.7 Å². The molecule has 0 radical (unpaired) electrons. The molecule has 0 bridgehead atoms. The highest BCUT2D eigenvalue weighted by atomic mass is 16.3. The summed E-state index contributed by atoms with van der Waals surface area (Å²) in [6.45, 7) is 7.43. The van der Waals surface area contributed by atoms with Gasteiger partial charge in [-0.25, -0.2) is 0 Å². The van der Waals surface area contributed by atoms with E-state index in [1.54, 1.807) is 5.57 Å². The van der Waals surface area contributed by atoms with Crippen molar-refractivity contribution in [1.29, 1.82) is 0 Å². The number of aliphatic hydroxyl groups is 3. The van der Waals surface area contributed by atoms with E-state index in [4.69, 9.17) is 0 Å². The Hall–Kier alpha value is -0.380. The molecule has 4 aliphatic carbocycles. The van der Waals surface area contributed by atoms with Crippen LogP contribution in [0.1, 0.15) is 78.6 Å². The van der Waals surface area contributed by atoms with Gasteiger partial charge in [0, 0.05) is 12.0 Å². The van der Waals surface area contributed by atoms with E-state index < -0.39 is 0 Å². The van der Waals surface area contributed by atoms with E-state index in [1.807, 2.05) is 0 Å². The first kappa shape index (κ1) is 19.9. The third kappa shape index (κ3) is 2.95. The van der Waals surface area contributed by atoms with E-state index in [0.717, 1.165) is 44.9 Å². The Bertz CT molecular complexity index is 586. The van der Waals surface area contributed by atoms with Crippen molar-refractivity contribution in [3.63, 3.8) is 0 Å². The largest absolute Gasteiger partial charge is 0.396 e. The van der Waals surface area contributed by atoms with Gasteiger partial charge in [0.25, 0.3) is 0 Å². The second-order valence-corrected chi connectivity index (χ2v) is 10.8. The molecule has 0 aromatic heterocycles. The minimum Gasteiger partial charge on any atom is -0.396 e. The molecule has 3 saturated carbocycles. The predicted molar refractivity (Wildman–Crippen MR) is 108 cm³/mol. The SMILES string of the molecule is CC(CCCO)C1CCC2C3=CCC4CC(O)CCC4(C)C3CC(O)C21C. The summed E-state index contributed by atoms with van der Waals surface area (Å²) >= 11 is 0. The summed E-state index contributed by atoms with van der Waals surface area (Å²) in [5.74, 6) is 2.73. The molecule has 0 saturated heterocycles. The van der Waals surface area contributed by atoms with Crippen LogP contribution in [0.15, 0.2) is 11.6 Å². The Labute approximate surface area is 165 Å². The molecule has 3 N–H and O–H groups in total. The first-order chi connectivity index (χ1) is 12.8. The summed E-state index contributed by atoms with van der Waals surface area (Å²) in [4.78, 5) is 0. The van der Waals surface area contributed by atoms with Crippen molar-refractivity contribution in [2.45, 2.75) is 90.8 Å². The molecule has 0 aliphatic heterocycles. The van der Waals surface area contributed by atoms with E-state index in [9.17, 15) is 15.3 Å². The van der Waals surface area contributed by atoms with Gasteiger partial charge in [-0.1, -0.05) is 32.4 Å². The van der Waals surface area contributed by atoms with Gasteiger partial charge >= 0.3 is 0 Å². The van der Waals surface area contributed by atoms with Crippen LogP contribution in [0.2, 0.25) is 0 Å². The van der Waals surface area contributed by atoms with Crippen LogP contribution in [-0.4, -0.2) is 34.1 Å². The Morgan fingerprint density at radius 1 is 1.11 bits per heavy atom. The number of aliphatic hydroxyl groups excluding tert-OH is 3. The maximum Gasteiger partial charge on any atom is 0.0608 e. The van der Waals surface area contributed by atoms with Crippen molar-refractivity contribution in [2.24, 2.45) is 40.4 Å². The minimum atomic E-state index is -0.226. The fourth-order valence-electron chi connectivity index (χ4n) is 8.03. The molecule has 154 valence electrons. The smallest absolute Gasteiger partial charge is 0.0608 e. The number of allylic oxidation sites excluding steroid dienone is 2. The normalized spacial score (nSPS) is 50.4. The molecule has 0 aromatic carbocycles. The van der Waals surface area contributed by atoms with Crippen molar-refractivity contribution in [3.05, 3.63) is 11.6 Å². The molecule has 4 aliphatic rings. The zero-order valence-corrected chi connectivity index (χ0v) is 17.5. The van der Waals surface area contributed by atoms with Gasteiger partial charge in [-0.2, -0.15) is 0 Å². The number of fused-ring (bicyclic) bond motifs is 5. The Morgan fingerprint density at radius 3 is 2.63 bits per heavy atom. The van der Waals surface area contributed by atoms with Gasteiger partial charge < -0.3 is 15.3 Å². The fraction of sp³-hybridized carbons (Fsp3) is 0.917. The maximum atomic E-state index is 11.5. The predicted octanol–water partition coefficient (Wildman–Crippen LogP) is 4.31. The first-order valence-corrected chi connectivity index (χ1v) is 11.5. The molecule has 0 amide bonds. The molecule has 27 heavy (non-hydrogen) atoms. The lowest BCUT2D eigenvalue weighted by atomic mass is 9.47. The molecule has 9 atom stereocenters. The third-order valence-corrected chi connectivity index (χ3v) is 9.74. The molecule has 0 aromatic rings. The molecule has 3 heteroatoms. The van der Waals surface area contributed by atoms with Gasteiger partial charge in [0.05, 0.1) is 12.2 Å². The van der Waals surface area contributed by atoms with Crippen molar-refractivity contribution in [2.75, 3.05) is 6.61 Å². The molecular formula is C24H40O3. The van der Waals surface area contributed by atoms with Crippen LogP contribution >= 0.6 is 0 Å². The molecule has 9 unspecified atom stereocenters. The van der Waals surface area contributed by atoms with Crippen LogP contribution < -0.4 is 0 Å². The first-order valence-electron chi connectivity index (χ1n) is 11.5. The Kier molecular flexibility index (Phi) is 5.27. The summed E-state index contributed by atoms with van der Waals surface area (Å²) in [6, 6.07) is 0. The van der Waals surface area contributed by atoms with Crippen LogP contribution in [0, 0.1) is 40.4 Å². The van der Waals surface area contributed by atoms with Crippen LogP contribution in [0.4, 0.5) is 0 Å². The van der Waals surface area contributed by atoms with Crippen LogP contribution in [0.25, 0.3) is 0 Å². The van der Waals surface area contributed by atoms with Crippen molar-refractivity contribution >= 4 is 0 Å². The second-order valence-electron chi connectivity index (χ2n) is 10.8. The van der Waals surface area contributed by atoms with Gasteiger partial charge in [-0.3, -0.25) is 0 Å². The van der Waals surface area contributed by atoms with Crippen LogP contribution in [-0.2, 0) is 0 Å². The molecular weight excluding hydrogens is 336 g/mol. The zero-order valence-electron chi connectivity index (χ0n) is 17.5. The Morgan fingerprint density at radius 2 is 1.89 bits per heavy atom. The lowest BCUT2D eigenvalue weighted by Gasteiger charge is -2.59. The number of rotatable bonds is 4. The van der Waals surface area contributed by atoms with Gasteiger partial charge in [0.15, 0.2) is 0 Å². The van der Waals surface area contributed by atoms with Gasteiger partial charge in [0.1, 0.15) is 0 Å². The molecule has 0 heterocycles. The minimum absolute atomic E-state index is 0.00537. The van der Waals surface area contributed by atoms with Crippen molar-refractivity contribution in [1.82, 2.24) is 0 Å². The third-order valence-electron chi connectivity index (χ3n) is 9.74. The van der Waals surface area contributed by atoms with Gasteiger partial charge in [-0.05, 0) is 92.8 Å². The van der Waals surface area contributed by atoms with Gasteiger partial charge in [0.2, 0.25) is 0 Å². The summed E-state index contributed by atoms with van der Waals surface area (Å²) < 4.78 is 0. The second kappa shape index (κ2) is 7.15. The summed E-state index contributed by atoms with van der Waals surface area (Å²) in [6.07, 6.45) is 11.6. The van der Waals surface area contributed by atoms with E-state index >= 15 is 0 Å². The van der Waals surface area contributed by atoms with E-state index in [1.165, 1.54) is 12.8 Å². The van der Waals surface area contributed by atoms with E-state index in [2.05, 4.69) is 26.8 Å². The quantitative estimate of drug-likeness (QED) is 0.641. The summed E-state index contributed by atoms with van der Waals surface area (Å²) in [5, 5.41) is 30.9. The number of hydrogen-bond donors (Lipinski definition) is 3. The average molecular weight is 377 g/mol. The summed E-state index contributed by atoms with van der Waals surface area (Å²) in [7, 11) is 0. The monoisotopic (exact) mass is 376 g/mol. The standard InChI is InChI=1S/C24H40O3/c1-15(5-4-12-25)19-8-9-20-18-7-6-16-13-17(26)10-11-23(16,2)21(18)14-22(27)24(19,20)3/h7,15-17,19-22,25-27H,4-6,8-14H2,1-3H3. The van der Waals surface area contributed by atoms with Gasteiger partial charge in [-0.15, -0.1) is 0 Å². The highest BCUT2D eigenvalue weighted by molar-refractivity contribution is 5.29. The van der Waals surface area contributed by atoms with Crippen molar-refractivity contribution in [3.8, 4) is 0 Å².